The monoisotopic (exact) mass is 415 g/mol. The molecule has 1 amide bonds. The molecule has 0 saturated heterocycles. The predicted octanol–water partition coefficient (Wildman–Crippen LogP) is 3.84. The minimum atomic E-state index is -4.44. The van der Waals surface area contributed by atoms with Crippen LogP contribution >= 0.6 is 12.6 Å². The van der Waals surface area contributed by atoms with E-state index in [0.717, 1.165) is 12.1 Å². The van der Waals surface area contributed by atoms with Gasteiger partial charge in [0.2, 0.25) is 11.8 Å². The zero-order valence-corrected chi connectivity index (χ0v) is 16.3. The highest BCUT2D eigenvalue weighted by atomic mass is 32.1. The molecule has 0 radical (unpaired) electrons. The molecule has 2 rings (SSSR count). The summed E-state index contributed by atoms with van der Waals surface area (Å²) in [4.78, 5) is 16.5. The van der Waals surface area contributed by atoms with Crippen molar-refractivity contribution >= 4 is 18.5 Å². The molecule has 1 aromatic carbocycles. The van der Waals surface area contributed by atoms with Crippen LogP contribution in [0.3, 0.4) is 0 Å². The average Bonchev–Trinajstić information content (AvgIpc) is 2.60. The quantitative estimate of drug-likeness (QED) is 0.473. The van der Waals surface area contributed by atoms with E-state index < -0.39 is 23.1 Å². The number of hydrogen-bond acceptors (Lipinski definition) is 6. The summed E-state index contributed by atoms with van der Waals surface area (Å²) in [5.41, 5.74) is -1.17. The normalized spacial score (nSPS) is 12.6. The fourth-order valence-electron chi connectivity index (χ4n) is 2.08. The van der Waals surface area contributed by atoms with Gasteiger partial charge in [-0.1, -0.05) is 0 Å². The molecule has 1 heterocycles. The molecule has 1 atom stereocenters. The van der Waals surface area contributed by atoms with Crippen molar-refractivity contribution in [1.29, 1.82) is 0 Å². The fraction of sp³-hybridized carbons (Fsp3) is 0.333. The summed E-state index contributed by atoms with van der Waals surface area (Å²) in [6.07, 6.45) is -4.65. The second-order valence-electron chi connectivity index (χ2n) is 5.99. The second-order valence-corrected chi connectivity index (χ2v) is 6.50. The molecule has 0 aliphatic heterocycles. The summed E-state index contributed by atoms with van der Waals surface area (Å²) in [6, 6.07) is 6.93. The average molecular weight is 415 g/mol. The van der Waals surface area contributed by atoms with Crippen molar-refractivity contribution in [3.8, 4) is 17.5 Å². The van der Waals surface area contributed by atoms with Crippen LogP contribution in [0.15, 0.2) is 36.4 Å². The summed E-state index contributed by atoms with van der Waals surface area (Å²) in [6.45, 7) is 3.57. The first-order valence-electron chi connectivity index (χ1n) is 8.28. The van der Waals surface area contributed by atoms with Crippen molar-refractivity contribution in [3.05, 3.63) is 47.5 Å². The maximum absolute atomic E-state index is 12.7. The molecular weight excluding hydrogens is 395 g/mol. The molecule has 10 heteroatoms. The number of ether oxygens (including phenoxy) is 2. The Morgan fingerprint density at radius 2 is 1.75 bits per heavy atom. The van der Waals surface area contributed by atoms with E-state index in [9.17, 15) is 18.0 Å². The number of hydrogen-bond donors (Lipinski definition) is 3. The van der Waals surface area contributed by atoms with Crippen LogP contribution in [0.4, 0.5) is 13.2 Å². The number of carbonyl (C=O) groups is 1. The molecular formula is C18H20F3N3O3S. The van der Waals surface area contributed by atoms with Crippen LogP contribution in [0.2, 0.25) is 0 Å². The third kappa shape index (κ3) is 6.31. The number of rotatable bonds is 7. The third-order valence-corrected chi connectivity index (χ3v) is 3.73. The predicted molar refractivity (Wildman–Crippen MR) is 101 cm³/mol. The van der Waals surface area contributed by atoms with Gasteiger partial charge in [0.15, 0.2) is 0 Å². The van der Waals surface area contributed by atoms with Gasteiger partial charge in [0, 0.05) is 12.1 Å². The lowest BCUT2D eigenvalue weighted by Gasteiger charge is -2.15. The Labute approximate surface area is 165 Å². The van der Waals surface area contributed by atoms with Crippen LogP contribution in [0.1, 0.15) is 29.8 Å². The first kappa shape index (κ1) is 21.8. The Morgan fingerprint density at radius 1 is 1.14 bits per heavy atom. The zero-order chi connectivity index (χ0) is 20.9. The van der Waals surface area contributed by atoms with Crippen LogP contribution in [-0.2, 0) is 6.18 Å². The van der Waals surface area contributed by atoms with Crippen molar-refractivity contribution in [3.63, 3.8) is 0 Å². The highest BCUT2D eigenvalue weighted by Gasteiger charge is 2.30. The highest BCUT2D eigenvalue weighted by Crippen LogP contribution is 2.31. The van der Waals surface area contributed by atoms with E-state index in [4.69, 9.17) is 9.47 Å². The molecule has 28 heavy (non-hydrogen) atoms. The molecule has 1 unspecified atom stereocenters. The molecule has 0 saturated carbocycles. The van der Waals surface area contributed by atoms with Gasteiger partial charge in [0.1, 0.15) is 11.2 Å². The second kappa shape index (κ2) is 9.16. The Bertz CT molecular complexity index is 814. The first-order chi connectivity index (χ1) is 13.1. The SMILES string of the molecule is CNC(S)NC(=O)c1cc(Oc2ccc(C(F)(F)F)cc2)nc(OC(C)C)c1. The summed E-state index contributed by atoms with van der Waals surface area (Å²) >= 11 is 4.13. The van der Waals surface area contributed by atoms with Crippen LogP contribution in [0.25, 0.3) is 0 Å². The van der Waals surface area contributed by atoms with Crippen LogP contribution in [-0.4, -0.2) is 29.5 Å². The summed E-state index contributed by atoms with van der Waals surface area (Å²) in [5.74, 6) is -0.175. The van der Waals surface area contributed by atoms with E-state index in [-0.39, 0.29) is 29.2 Å². The lowest BCUT2D eigenvalue weighted by atomic mass is 10.2. The number of pyridine rings is 1. The largest absolute Gasteiger partial charge is 0.475 e. The van der Waals surface area contributed by atoms with Crippen molar-refractivity contribution in [2.45, 2.75) is 31.6 Å². The van der Waals surface area contributed by atoms with Gasteiger partial charge in [-0.05, 0) is 45.2 Å². The van der Waals surface area contributed by atoms with Gasteiger partial charge in [-0.2, -0.15) is 18.2 Å². The molecule has 0 aliphatic rings. The molecule has 0 aliphatic carbocycles. The van der Waals surface area contributed by atoms with Gasteiger partial charge in [-0.25, -0.2) is 0 Å². The molecule has 1 aromatic heterocycles. The maximum atomic E-state index is 12.7. The minimum Gasteiger partial charge on any atom is -0.475 e. The number of aromatic nitrogens is 1. The van der Waals surface area contributed by atoms with Gasteiger partial charge in [-0.15, -0.1) is 12.6 Å². The van der Waals surface area contributed by atoms with Crippen LogP contribution in [0.5, 0.6) is 17.5 Å². The van der Waals surface area contributed by atoms with Gasteiger partial charge >= 0.3 is 6.18 Å². The van der Waals surface area contributed by atoms with Crippen LogP contribution < -0.4 is 20.1 Å². The Morgan fingerprint density at radius 3 is 2.29 bits per heavy atom. The topological polar surface area (TPSA) is 72.5 Å². The van der Waals surface area contributed by atoms with E-state index in [0.29, 0.717) is 0 Å². The Balaban J connectivity index is 2.29. The molecule has 0 bridgehead atoms. The maximum Gasteiger partial charge on any atom is 0.416 e. The van der Waals surface area contributed by atoms with E-state index in [1.54, 1.807) is 20.9 Å². The number of nitrogens with zero attached hydrogens (tertiary/aromatic N) is 1. The molecule has 2 N–H and O–H groups in total. The smallest absolute Gasteiger partial charge is 0.416 e. The summed E-state index contributed by atoms with van der Waals surface area (Å²) < 4.78 is 49.1. The molecule has 0 fully saturated rings. The molecule has 2 aromatic rings. The van der Waals surface area contributed by atoms with E-state index in [1.165, 1.54) is 24.3 Å². The number of halogens is 3. The minimum absolute atomic E-state index is 0.00299. The van der Waals surface area contributed by atoms with E-state index in [2.05, 4.69) is 28.2 Å². The molecule has 0 spiro atoms. The Kier molecular flexibility index (Phi) is 7.14. The number of carbonyl (C=O) groups excluding carboxylic acids is 1. The summed E-state index contributed by atoms with van der Waals surface area (Å²) in [7, 11) is 1.62. The van der Waals surface area contributed by atoms with E-state index in [1.807, 2.05) is 0 Å². The standard InChI is InChI=1S/C18H20F3N3O3S/c1-10(2)26-14-8-11(16(25)24-17(28)22-3)9-15(23-14)27-13-6-4-12(5-7-13)18(19,20)21/h4-10,17,22,28H,1-3H3,(H,24,25). The van der Waals surface area contributed by atoms with Crippen molar-refractivity contribution in [2.75, 3.05) is 7.05 Å². The number of thiol groups is 1. The van der Waals surface area contributed by atoms with Gasteiger partial charge < -0.3 is 14.8 Å². The van der Waals surface area contributed by atoms with Crippen molar-refractivity contribution in [1.82, 2.24) is 15.6 Å². The first-order valence-corrected chi connectivity index (χ1v) is 8.80. The molecule has 152 valence electrons. The fourth-order valence-corrected chi connectivity index (χ4v) is 2.20. The van der Waals surface area contributed by atoms with Gasteiger partial charge in [0.25, 0.3) is 5.91 Å². The highest BCUT2D eigenvalue weighted by molar-refractivity contribution is 7.80. The number of benzene rings is 1. The lowest BCUT2D eigenvalue weighted by molar-refractivity contribution is -0.137. The Hall–Kier alpha value is -2.46. The number of amides is 1. The summed E-state index contributed by atoms with van der Waals surface area (Å²) in [5, 5.41) is 5.34. The number of nitrogens with one attached hydrogen (secondary N) is 2. The van der Waals surface area contributed by atoms with Gasteiger partial charge in [0.05, 0.1) is 17.2 Å². The lowest BCUT2D eigenvalue weighted by Crippen LogP contribution is -2.39. The number of alkyl halides is 3. The third-order valence-electron chi connectivity index (χ3n) is 3.34. The van der Waals surface area contributed by atoms with E-state index >= 15 is 0 Å². The van der Waals surface area contributed by atoms with Crippen molar-refractivity contribution in [2.24, 2.45) is 0 Å². The van der Waals surface area contributed by atoms with Gasteiger partial charge in [-0.3, -0.25) is 10.1 Å². The zero-order valence-electron chi connectivity index (χ0n) is 15.4. The molecule has 6 nitrogen and oxygen atoms in total. The van der Waals surface area contributed by atoms with Crippen molar-refractivity contribution < 1.29 is 27.4 Å². The van der Waals surface area contributed by atoms with Crippen LogP contribution in [0, 0.1) is 0 Å².